The molecule has 3 rings (SSSR count). The van der Waals surface area contributed by atoms with E-state index in [0.29, 0.717) is 16.6 Å². The summed E-state index contributed by atoms with van der Waals surface area (Å²) >= 11 is 5.24. The normalized spacial score (nSPS) is 10.8. The smallest absolute Gasteiger partial charge is 0.266 e. The van der Waals surface area contributed by atoms with Crippen LogP contribution in [0.15, 0.2) is 47.3 Å². The van der Waals surface area contributed by atoms with Crippen LogP contribution in [0.3, 0.4) is 0 Å². The highest BCUT2D eigenvalue weighted by atomic mass is 32.1. The number of phenols is 1. The minimum atomic E-state index is -0.247. The van der Waals surface area contributed by atoms with E-state index in [1.165, 1.54) is 4.57 Å². The molecule has 0 amide bonds. The molecule has 4 nitrogen and oxygen atoms in total. The summed E-state index contributed by atoms with van der Waals surface area (Å²) in [6, 6.07) is 12.3. The molecule has 0 unspecified atom stereocenters. The van der Waals surface area contributed by atoms with Gasteiger partial charge in [-0.15, -0.1) is 0 Å². The molecule has 0 spiro atoms. The van der Waals surface area contributed by atoms with Crippen LogP contribution < -0.4 is 5.56 Å². The van der Waals surface area contributed by atoms with E-state index in [0.717, 1.165) is 5.56 Å². The van der Waals surface area contributed by atoms with Crippen molar-refractivity contribution in [2.45, 2.75) is 6.92 Å². The van der Waals surface area contributed by atoms with Crippen molar-refractivity contribution in [2.75, 3.05) is 0 Å². The van der Waals surface area contributed by atoms with Crippen LogP contribution >= 0.6 is 12.2 Å². The van der Waals surface area contributed by atoms with Crippen LogP contribution in [0.25, 0.3) is 16.6 Å². The van der Waals surface area contributed by atoms with Gasteiger partial charge in [0, 0.05) is 0 Å². The van der Waals surface area contributed by atoms with E-state index in [-0.39, 0.29) is 16.1 Å². The molecule has 2 N–H and O–H groups in total. The second-order valence-electron chi connectivity index (χ2n) is 4.61. The van der Waals surface area contributed by atoms with Crippen molar-refractivity contribution in [3.8, 4) is 11.4 Å². The molecule has 0 radical (unpaired) electrons. The van der Waals surface area contributed by atoms with Crippen LogP contribution in [0.4, 0.5) is 0 Å². The zero-order chi connectivity index (χ0) is 14.3. The summed E-state index contributed by atoms with van der Waals surface area (Å²) in [5.41, 5.74) is 1.73. The number of rotatable bonds is 1. The van der Waals surface area contributed by atoms with Crippen LogP contribution in [-0.4, -0.2) is 14.7 Å². The molecule has 0 aliphatic carbocycles. The minimum absolute atomic E-state index is 0.0295. The van der Waals surface area contributed by atoms with Gasteiger partial charge in [0.15, 0.2) is 4.77 Å². The molecule has 100 valence electrons. The van der Waals surface area contributed by atoms with Crippen molar-refractivity contribution in [3.63, 3.8) is 0 Å². The molecule has 20 heavy (non-hydrogen) atoms. The number of aromatic amines is 1. The third kappa shape index (κ3) is 1.92. The standard InChI is InChI=1S/C15H12N2O2S/c1-9-6-7-12(13(18)8-9)17-14(19)10-4-2-3-5-11(10)16-15(17)20/h2-8,18H,1H3,(H,16,20). The molecule has 0 bridgehead atoms. The fraction of sp³-hybridized carbons (Fsp3) is 0.0667. The number of aromatic hydroxyl groups is 1. The zero-order valence-electron chi connectivity index (χ0n) is 10.8. The SMILES string of the molecule is Cc1ccc(-n2c(=S)[nH]c3ccccc3c2=O)c(O)c1. The number of nitrogens with one attached hydrogen (secondary N) is 1. The van der Waals surface area contributed by atoms with Crippen molar-refractivity contribution >= 4 is 23.1 Å². The average molecular weight is 284 g/mol. The number of fused-ring (bicyclic) bond motifs is 1. The van der Waals surface area contributed by atoms with Crippen molar-refractivity contribution in [2.24, 2.45) is 0 Å². The number of benzene rings is 2. The number of hydrogen-bond acceptors (Lipinski definition) is 3. The van der Waals surface area contributed by atoms with Gasteiger partial charge in [-0.2, -0.15) is 0 Å². The fourth-order valence-electron chi connectivity index (χ4n) is 2.20. The zero-order valence-corrected chi connectivity index (χ0v) is 11.6. The highest BCUT2D eigenvalue weighted by Gasteiger charge is 2.10. The highest BCUT2D eigenvalue weighted by Crippen LogP contribution is 2.22. The molecule has 0 aliphatic rings. The lowest BCUT2D eigenvalue weighted by Gasteiger charge is -2.10. The van der Waals surface area contributed by atoms with E-state index in [2.05, 4.69) is 4.98 Å². The summed E-state index contributed by atoms with van der Waals surface area (Å²) in [5.74, 6) is 0.0295. The Kier molecular flexibility index (Phi) is 2.91. The van der Waals surface area contributed by atoms with Gasteiger partial charge in [-0.1, -0.05) is 18.2 Å². The average Bonchev–Trinajstić information content (AvgIpc) is 2.41. The van der Waals surface area contributed by atoms with Crippen LogP contribution in [0.1, 0.15) is 5.56 Å². The Morgan fingerprint density at radius 3 is 2.70 bits per heavy atom. The van der Waals surface area contributed by atoms with E-state index in [9.17, 15) is 9.90 Å². The Bertz CT molecular complexity index is 925. The van der Waals surface area contributed by atoms with Gasteiger partial charge in [0.1, 0.15) is 5.75 Å². The maximum Gasteiger partial charge on any atom is 0.266 e. The van der Waals surface area contributed by atoms with Gasteiger partial charge in [-0.3, -0.25) is 4.79 Å². The van der Waals surface area contributed by atoms with Crippen LogP contribution in [0.2, 0.25) is 0 Å². The van der Waals surface area contributed by atoms with Crippen molar-refractivity contribution < 1.29 is 5.11 Å². The van der Waals surface area contributed by atoms with Crippen LogP contribution in [-0.2, 0) is 0 Å². The molecule has 5 heteroatoms. The largest absolute Gasteiger partial charge is 0.506 e. The van der Waals surface area contributed by atoms with Gasteiger partial charge in [0.05, 0.1) is 16.6 Å². The first kappa shape index (κ1) is 12.6. The Balaban J connectivity index is 2.43. The summed E-state index contributed by atoms with van der Waals surface area (Å²) in [6.45, 7) is 1.87. The number of aromatic nitrogens is 2. The summed E-state index contributed by atoms with van der Waals surface area (Å²) in [7, 11) is 0. The molecular weight excluding hydrogens is 272 g/mol. The topological polar surface area (TPSA) is 58.0 Å². The summed E-state index contributed by atoms with van der Waals surface area (Å²) in [6.07, 6.45) is 0. The molecule has 0 fully saturated rings. The van der Waals surface area contributed by atoms with Gasteiger partial charge in [-0.05, 0) is 49.0 Å². The predicted molar refractivity (Wildman–Crippen MR) is 81.1 cm³/mol. The van der Waals surface area contributed by atoms with E-state index in [1.54, 1.807) is 30.3 Å². The van der Waals surface area contributed by atoms with Crippen molar-refractivity contribution in [3.05, 3.63) is 63.2 Å². The number of para-hydroxylation sites is 1. The summed E-state index contributed by atoms with van der Waals surface area (Å²) < 4.78 is 1.57. The third-order valence-corrected chi connectivity index (χ3v) is 3.46. The number of aryl methyl sites for hydroxylation is 1. The molecule has 1 heterocycles. The lowest BCUT2D eigenvalue weighted by atomic mass is 10.2. The van der Waals surface area contributed by atoms with Gasteiger partial charge in [0.2, 0.25) is 0 Å². The number of H-pyrrole nitrogens is 1. The van der Waals surface area contributed by atoms with Gasteiger partial charge >= 0.3 is 0 Å². The molecule has 0 saturated heterocycles. The molecule has 0 saturated carbocycles. The third-order valence-electron chi connectivity index (χ3n) is 3.18. The van der Waals surface area contributed by atoms with E-state index in [4.69, 9.17) is 12.2 Å². The van der Waals surface area contributed by atoms with Crippen molar-refractivity contribution in [1.29, 1.82) is 0 Å². The number of nitrogens with zero attached hydrogens (tertiary/aromatic N) is 1. The van der Waals surface area contributed by atoms with Crippen molar-refractivity contribution in [1.82, 2.24) is 9.55 Å². The Labute approximate surface area is 119 Å². The molecule has 1 aromatic heterocycles. The first-order valence-corrected chi connectivity index (χ1v) is 6.53. The molecular formula is C15H12N2O2S. The fourth-order valence-corrected chi connectivity index (χ4v) is 2.49. The van der Waals surface area contributed by atoms with Crippen LogP contribution in [0, 0.1) is 11.7 Å². The van der Waals surface area contributed by atoms with Gasteiger partial charge < -0.3 is 10.1 Å². The van der Waals surface area contributed by atoms with Crippen LogP contribution in [0.5, 0.6) is 5.75 Å². The second-order valence-corrected chi connectivity index (χ2v) is 5.00. The van der Waals surface area contributed by atoms with E-state index in [1.807, 2.05) is 19.1 Å². The number of hydrogen-bond donors (Lipinski definition) is 2. The maximum absolute atomic E-state index is 12.6. The Hall–Kier alpha value is -2.40. The summed E-state index contributed by atoms with van der Waals surface area (Å²) in [4.78, 5) is 15.6. The number of phenolic OH excluding ortho intramolecular Hbond substituents is 1. The second kappa shape index (κ2) is 4.61. The van der Waals surface area contributed by atoms with E-state index < -0.39 is 0 Å². The lowest BCUT2D eigenvalue weighted by Crippen LogP contribution is -2.20. The minimum Gasteiger partial charge on any atom is -0.506 e. The monoisotopic (exact) mass is 284 g/mol. The quantitative estimate of drug-likeness (QED) is 0.675. The Morgan fingerprint density at radius 2 is 1.95 bits per heavy atom. The van der Waals surface area contributed by atoms with Gasteiger partial charge in [-0.25, -0.2) is 4.57 Å². The Morgan fingerprint density at radius 1 is 1.20 bits per heavy atom. The first-order chi connectivity index (χ1) is 9.58. The summed E-state index contributed by atoms with van der Waals surface area (Å²) in [5, 5.41) is 10.6. The molecule has 0 atom stereocenters. The van der Waals surface area contributed by atoms with Gasteiger partial charge in [0.25, 0.3) is 5.56 Å². The predicted octanol–water partition coefficient (Wildman–Crippen LogP) is 3.06. The first-order valence-electron chi connectivity index (χ1n) is 6.12. The lowest BCUT2D eigenvalue weighted by molar-refractivity contribution is 0.471. The molecule has 0 aliphatic heterocycles. The molecule has 2 aromatic carbocycles. The highest BCUT2D eigenvalue weighted by molar-refractivity contribution is 7.71. The van der Waals surface area contributed by atoms with E-state index >= 15 is 0 Å². The maximum atomic E-state index is 12.6. The molecule has 3 aromatic rings.